The zero-order chi connectivity index (χ0) is 22.4. The number of nitro groups is 1. The van der Waals surface area contributed by atoms with Crippen molar-refractivity contribution in [3.05, 3.63) is 66.6 Å². The van der Waals surface area contributed by atoms with Crippen molar-refractivity contribution in [2.45, 2.75) is 51.0 Å². The molecule has 0 spiro atoms. The van der Waals surface area contributed by atoms with Crippen LogP contribution in [0.1, 0.15) is 49.6 Å². The Bertz CT molecular complexity index is 1060. The molecule has 164 valence electrons. The van der Waals surface area contributed by atoms with Gasteiger partial charge in [-0.25, -0.2) is 0 Å². The van der Waals surface area contributed by atoms with Crippen molar-refractivity contribution in [1.82, 2.24) is 0 Å². The van der Waals surface area contributed by atoms with Crippen LogP contribution in [0.4, 0.5) is 5.69 Å². The van der Waals surface area contributed by atoms with E-state index in [0.717, 1.165) is 35.3 Å². The van der Waals surface area contributed by atoms with Gasteiger partial charge in [-0.1, -0.05) is 24.3 Å². The summed E-state index contributed by atoms with van der Waals surface area (Å²) in [7, 11) is 0. The van der Waals surface area contributed by atoms with E-state index in [4.69, 9.17) is 4.74 Å². The van der Waals surface area contributed by atoms with Crippen molar-refractivity contribution in [3.63, 3.8) is 0 Å². The maximum Gasteiger partial charge on any atom is 0.302 e. The van der Waals surface area contributed by atoms with Crippen LogP contribution in [0.3, 0.4) is 0 Å². The monoisotopic (exact) mass is 444 g/mol. The Morgan fingerprint density at radius 1 is 1.35 bits per heavy atom. The second-order valence-electron chi connectivity index (χ2n) is 7.59. The van der Waals surface area contributed by atoms with Gasteiger partial charge in [-0.05, 0) is 43.1 Å². The van der Waals surface area contributed by atoms with Crippen molar-refractivity contribution in [3.8, 4) is 5.88 Å². The predicted octanol–water partition coefficient (Wildman–Crippen LogP) is 2.86. The second-order valence-corrected chi connectivity index (χ2v) is 8.58. The van der Waals surface area contributed by atoms with Crippen molar-refractivity contribution in [1.29, 1.82) is 0 Å². The van der Waals surface area contributed by atoms with Gasteiger partial charge in [0.2, 0.25) is 9.75 Å². The summed E-state index contributed by atoms with van der Waals surface area (Å²) in [5.41, 5.74) is 0.0905. The van der Waals surface area contributed by atoms with Crippen molar-refractivity contribution >= 4 is 29.1 Å². The lowest BCUT2D eigenvalue weighted by molar-refractivity contribution is -0.747. The quantitative estimate of drug-likeness (QED) is 0.268. The second kappa shape index (κ2) is 9.82. The SMILES string of the molecule is CC(=O)OCCC1(CC/C=C\c2ccccc2[N+](=O)[O-])CCC[n+]2c([O-])cc(=O)sc21. The number of aromatic nitrogens is 1. The van der Waals surface area contributed by atoms with E-state index < -0.39 is 10.3 Å². The number of hydrogen-bond acceptors (Lipinski definition) is 7. The Hall–Kier alpha value is -3.07. The number of fused-ring (bicyclic) bond motifs is 1. The number of carbonyl (C=O) groups is 1. The van der Waals surface area contributed by atoms with E-state index in [1.165, 1.54) is 13.0 Å². The molecule has 0 saturated carbocycles. The van der Waals surface area contributed by atoms with Gasteiger partial charge < -0.3 is 9.84 Å². The van der Waals surface area contributed by atoms with Gasteiger partial charge in [0.15, 0.2) is 5.88 Å². The predicted molar refractivity (Wildman–Crippen MR) is 114 cm³/mol. The minimum Gasteiger partial charge on any atom is -0.823 e. The molecular formula is C22H24N2O6S. The van der Waals surface area contributed by atoms with Crippen molar-refractivity contribution in [2.75, 3.05) is 6.61 Å². The maximum atomic E-state index is 12.4. The molecule has 1 aliphatic heterocycles. The molecule has 1 unspecified atom stereocenters. The fourth-order valence-electron chi connectivity index (χ4n) is 4.09. The number of nitrogens with zero attached hydrogens (tertiary/aromatic N) is 2. The number of ether oxygens (including phenoxy) is 1. The Balaban J connectivity index is 1.86. The normalized spacial score (nSPS) is 18.0. The number of rotatable bonds is 8. The number of carbonyl (C=O) groups excluding carboxylic acids is 1. The van der Waals surface area contributed by atoms with E-state index in [2.05, 4.69) is 0 Å². The van der Waals surface area contributed by atoms with Gasteiger partial charge in [-0.3, -0.25) is 19.7 Å². The molecular weight excluding hydrogens is 420 g/mol. The minimum absolute atomic E-state index is 0.0381. The molecule has 31 heavy (non-hydrogen) atoms. The van der Waals surface area contributed by atoms with Crippen LogP contribution in [-0.4, -0.2) is 17.5 Å². The lowest BCUT2D eigenvalue weighted by atomic mass is 9.75. The van der Waals surface area contributed by atoms with Gasteiger partial charge in [0.05, 0.1) is 28.6 Å². The summed E-state index contributed by atoms with van der Waals surface area (Å²) in [6.45, 7) is 2.11. The first-order chi connectivity index (χ1) is 14.8. The first kappa shape index (κ1) is 22.6. The van der Waals surface area contributed by atoms with Gasteiger partial charge in [0, 0.05) is 19.4 Å². The topological polar surface area (TPSA) is 113 Å². The number of nitro benzene ring substituents is 1. The van der Waals surface area contributed by atoms with Crippen LogP contribution in [0.25, 0.3) is 6.08 Å². The van der Waals surface area contributed by atoms with Crippen LogP contribution in [0.15, 0.2) is 41.2 Å². The molecule has 9 heteroatoms. The van der Waals surface area contributed by atoms with E-state index >= 15 is 0 Å². The minimum atomic E-state index is -0.467. The van der Waals surface area contributed by atoms with E-state index in [1.54, 1.807) is 28.8 Å². The third-order valence-corrected chi connectivity index (χ3v) is 6.71. The lowest BCUT2D eigenvalue weighted by Gasteiger charge is -2.34. The number of para-hydroxylation sites is 1. The molecule has 2 aromatic rings. The van der Waals surface area contributed by atoms with E-state index in [9.17, 15) is 24.8 Å². The molecule has 0 saturated heterocycles. The number of hydrogen-bond donors (Lipinski definition) is 0. The molecule has 3 rings (SSSR count). The first-order valence-electron chi connectivity index (χ1n) is 10.1. The van der Waals surface area contributed by atoms with Gasteiger partial charge in [-0.2, -0.15) is 4.57 Å². The van der Waals surface area contributed by atoms with E-state index in [1.807, 2.05) is 6.08 Å². The van der Waals surface area contributed by atoms with Crippen LogP contribution in [-0.2, 0) is 21.5 Å². The molecule has 0 radical (unpaired) electrons. The van der Waals surface area contributed by atoms with Crippen LogP contribution in [0.5, 0.6) is 5.88 Å². The average Bonchev–Trinajstić information content (AvgIpc) is 2.72. The molecule has 0 amide bonds. The van der Waals surface area contributed by atoms with Crippen LogP contribution in [0.2, 0.25) is 0 Å². The largest absolute Gasteiger partial charge is 0.823 e. The molecule has 1 aliphatic rings. The number of allylic oxidation sites excluding steroid dienone is 1. The Morgan fingerprint density at radius 3 is 2.87 bits per heavy atom. The van der Waals surface area contributed by atoms with E-state index in [-0.39, 0.29) is 28.9 Å². The third-order valence-electron chi connectivity index (χ3n) is 5.55. The molecule has 2 heterocycles. The molecule has 8 nitrogen and oxygen atoms in total. The number of esters is 1. The smallest absolute Gasteiger partial charge is 0.302 e. The molecule has 0 aliphatic carbocycles. The Labute approximate surface area is 183 Å². The molecule has 1 atom stereocenters. The Morgan fingerprint density at radius 2 is 2.13 bits per heavy atom. The van der Waals surface area contributed by atoms with Crippen LogP contribution >= 0.6 is 11.3 Å². The zero-order valence-electron chi connectivity index (χ0n) is 17.2. The van der Waals surface area contributed by atoms with Crippen molar-refractivity contribution < 1.29 is 24.1 Å². The van der Waals surface area contributed by atoms with Crippen LogP contribution in [0, 0.1) is 10.1 Å². The standard InChI is InChI=1S/C22H24N2O6S/c1-16(25)30-14-12-22(11-6-13-23-19(26)15-20(27)31-21(22)23)10-5-4-8-17-7-2-3-9-18(17)24(28)29/h2-4,7-9,15H,5-6,10-14H2,1H3/b8-4-. The van der Waals surface area contributed by atoms with E-state index in [0.29, 0.717) is 31.4 Å². The molecule has 0 fully saturated rings. The lowest BCUT2D eigenvalue weighted by Crippen LogP contribution is -2.52. The van der Waals surface area contributed by atoms with Gasteiger partial charge >= 0.3 is 5.97 Å². The Kier molecular flexibility index (Phi) is 7.17. The highest BCUT2D eigenvalue weighted by molar-refractivity contribution is 7.08. The van der Waals surface area contributed by atoms with Gasteiger partial charge in [0.25, 0.3) is 5.69 Å². The molecule has 1 aromatic heterocycles. The number of benzene rings is 1. The highest BCUT2D eigenvalue weighted by Gasteiger charge is 2.43. The maximum absolute atomic E-state index is 12.4. The molecule has 0 N–H and O–H groups in total. The highest BCUT2D eigenvalue weighted by Crippen LogP contribution is 2.40. The summed E-state index contributed by atoms with van der Waals surface area (Å²) in [4.78, 5) is 34.1. The fraction of sp³-hybridized carbons (Fsp3) is 0.409. The highest BCUT2D eigenvalue weighted by atomic mass is 32.1. The molecule has 1 aromatic carbocycles. The fourth-order valence-corrected chi connectivity index (χ4v) is 5.26. The van der Waals surface area contributed by atoms with Gasteiger partial charge in [0.1, 0.15) is 6.54 Å². The van der Waals surface area contributed by atoms with Crippen LogP contribution < -0.4 is 14.4 Å². The summed E-state index contributed by atoms with van der Waals surface area (Å²) >= 11 is 1.07. The summed E-state index contributed by atoms with van der Waals surface area (Å²) in [6.07, 6.45) is 6.88. The zero-order valence-corrected chi connectivity index (χ0v) is 18.1. The van der Waals surface area contributed by atoms with Gasteiger partial charge in [-0.15, -0.1) is 0 Å². The summed E-state index contributed by atoms with van der Waals surface area (Å²) < 4.78 is 6.55. The van der Waals surface area contributed by atoms with Crippen molar-refractivity contribution in [2.24, 2.45) is 0 Å². The first-order valence-corrected chi connectivity index (χ1v) is 10.9. The summed E-state index contributed by atoms with van der Waals surface area (Å²) in [6, 6.07) is 7.63. The third kappa shape index (κ3) is 5.35. The molecule has 0 bridgehead atoms. The summed E-state index contributed by atoms with van der Waals surface area (Å²) in [5.74, 6) is -0.674. The average molecular weight is 445 g/mol. The summed E-state index contributed by atoms with van der Waals surface area (Å²) in [5, 5.41) is 24.3.